The lowest BCUT2D eigenvalue weighted by Gasteiger charge is -2.29. The van der Waals surface area contributed by atoms with Crippen molar-refractivity contribution >= 4 is 27.3 Å². The quantitative estimate of drug-likeness (QED) is 0.671. The Kier molecular flexibility index (Phi) is 5.44. The molecule has 27 heavy (non-hydrogen) atoms. The summed E-state index contributed by atoms with van der Waals surface area (Å²) in [5, 5.41) is 3.66. The van der Waals surface area contributed by atoms with Crippen molar-refractivity contribution in [2.45, 2.75) is 43.4 Å². The van der Waals surface area contributed by atoms with E-state index in [-0.39, 0.29) is 35.5 Å². The topological polar surface area (TPSA) is 90.5 Å². The number of halogens is 1. The SMILES string of the molecule is O=C(NC1CS(=O)(=O)CC1N1CCCC1)C1CC(c2cccc(Cl)c2)NN1. The molecular formula is C18H25ClN4O3S. The van der Waals surface area contributed by atoms with Gasteiger partial charge in [0, 0.05) is 17.1 Å². The number of likely N-dealkylation sites (tertiary alicyclic amines) is 1. The van der Waals surface area contributed by atoms with Gasteiger partial charge in [0.2, 0.25) is 5.91 Å². The summed E-state index contributed by atoms with van der Waals surface area (Å²) < 4.78 is 24.3. The lowest BCUT2D eigenvalue weighted by atomic mass is 10.0. The van der Waals surface area contributed by atoms with Gasteiger partial charge in [0.05, 0.1) is 17.5 Å². The number of hydrogen-bond donors (Lipinski definition) is 3. The molecule has 0 aliphatic carbocycles. The van der Waals surface area contributed by atoms with Gasteiger partial charge in [0.25, 0.3) is 0 Å². The van der Waals surface area contributed by atoms with Crippen LogP contribution in [0.5, 0.6) is 0 Å². The van der Waals surface area contributed by atoms with E-state index >= 15 is 0 Å². The Morgan fingerprint density at radius 3 is 2.70 bits per heavy atom. The smallest absolute Gasteiger partial charge is 0.238 e. The molecule has 3 aliphatic rings. The van der Waals surface area contributed by atoms with Crippen molar-refractivity contribution in [2.24, 2.45) is 0 Å². The maximum Gasteiger partial charge on any atom is 0.238 e. The normalized spacial score (nSPS) is 33.4. The molecule has 9 heteroatoms. The first kappa shape index (κ1) is 19.1. The zero-order valence-corrected chi connectivity index (χ0v) is 16.6. The van der Waals surface area contributed by atoms with Gasteiger partial charge in [-0.25, -0.2) is 19.3 Å². The first-order chi connectivity index (χ1) is 12.9. The maximum atomic E-state index is 12.8. The Bertz CT molecular complexity index is 813. The summed E-state index contributed by atoms with van der Waals surface area (Å²) >= 11 is 6.05. The summed E-state index contributed by atoms with van der Waals surface area (Å²) in [6, 6.07) is 6.69. The highest BCUT2D eigenvalue weighted by molar-refractivity contribution is 7.91. The van der Waals surface area contributed by atoms with Gasteiger partial charge in [-0.2, -0.15) is 0 Å². The molecule has 0 saturated carbocycles. The van der Waals surface area contributed by atoms with E-state index in [2.05, 4.69) is 21.1 Å². The fraction of sp³-hybridized carbons (Fsp3) is 0.611. The summed E-state index contributed by atoms with van der Waals surface area (Å²) in [6.45, 7) is 1.82. The summed E-state index contributed by atoms with van der Waals surface area (Å²) in [5.74, 6) is 0.00957. The average molecular weight is 413 g/mol. The number of rotatable bonds is 4. The van der Waals surface area contributed by atoms with Gasteiger partial charge in [-0.3, -0.25) is 9.69 Å². The van der Waals surface area contributed by atoms with E-state index < -0.39 is 15.9 Å². The van der Waals surface area contributed by atoms with Crippen molar-refractivity contribution in [1.29, 1.82) is 0 Å². The summed E-state index contributed by atoms with van der Waals surface area (Å²) in [6.07, 6.45) is 2.76. The minimum atomic E-state index is -3.12. The molecule has 3 heterocycles. The average Bonchev–Trinajstić information content (AvgIpc) is 3.34. The van der Waals surface area contributed by atoms with Crippen LogP contribution >= 0.6 is 11.6 Å². The van der Waals surface area contributed by atoms with Crippen LogP contribution in [0.15, 0.2) is 24.3 Å². The number of amides is 1. The lowest BCUT2D eigenvalue weighted by molar-refractivity contribution is -0.123. The summed E-state index contributed by atoms with van der Waals surface area (Å²) in [7, 11) is -3.12. The van der Waals surface area contributed by atoms with Gasteiger partial charge in [-0.1, -0.05) is 23.7 Å². The van der Waals surface area contributed by atoms with Crippen molar-refractivity contribution in [2.75, 3.05) is 24.6 Å². The third kappa shape index (κ3) is 4.30. The van der Waals surface area contributed by atoms with Crippen LogP contribution < -0.4 is 16.2 Å². The van der Waals surface area contributed by atoms with Crippen molar-refractivity contribution in [3.8, 4) is 0 Å². The van der Waals surface area contributed by atoms with Crippen LogP contribution in [0.25, 0.3) is 0 Å². The molecule has 148 valence electrons. The number of hydrazine groups is 1. The number of hydrogen-bond acceptors (Lipinski definition) is 6. The van der Waals surface area contributed by atoms with E-state index in [0.717, 1.165) is 31.5 Å². The second-order valence-corrected chi connectivity index (χ2v) is 10.3. The number of carbonyl (C=O) groups excluding carboxylic acids is 1. The number of nitrogens with zero attached hydrogens (tertiary/aromatic N) is 1. The van der Waals surface area contributed by atoms with Gasteiger partial charge < -0.3 is 5.32 Å². The largest absolute Gasteiger partial charge is 0.349 e. The molecule has 0 aromatic heterocycles. The van der Waals surface area contributed by atoms with E-state index in [4.69, 9.17) is 11.6 Å². The fourth-order valence-electron chi connectivity index (χ4n) is 4.35. The summed E-state index contributed by atoms with van der Waals surface area (Å²) in [5.41, 5.74) is 7.19. The van der Waals surface area contributed by atoms with Gasteiger partial charge in [-0.15, -0.1) is 0 Å². The highest BCUT2D eigenvalue weighted by atomic mass is 35.5. The third-order valence-corrected chi connectivity index (χ3v) is 7.68. The van der Waals surface area contributed by atoms with Gasteiger partial charge in [0.1, 0.15) is 6.04 Å². The molecule has 1 aromatic carbocycles. The second kappa shape index (κ2) is 7.67. The number of carbonyl (C=O) groups is 1. The molecule has 3 saturated heterocycles. The van der Waals surface area contributed by atoms with E-state index in [1.807, 2.05) is 24.3 Å². The van der Waals surface area contributed by atoms with Gasteiger partial charge in [-0.05, 0) is 50.0 Å². The number of nitrogens with one attached hydrogen (secondary N) is 3. The van der Waals surface area contributed by atoms with Crippen LogP contribution in [0.1, 0.15) is 30.9 Å². The second-order valence-electron chi connectivity index (χ2n) is 7.69. The van der Waals surface area contributed by atoms with Crippen LogP contribution in [-0.4, -0.2) is 61.9 Å². The van der Waals surface area contributed by atoms with Crippen molar-refractivity contribution in [3.05, 3.63) is 34.9 Å². The molecule has 4 atom stereocenters. The molecule has 0 radical (unpaired) electrons. The van der Waals surface area contributed by atoms with E-state index in [0.29, 0.717) is 11.4 Å². The summed E-state index contributed by atoms with van der Waals surface area (Å²) in [4.78, 5) is 15.0. The zero-order valence-electron chi connectivity index (χ0n) is 15.0. The van der Waals surface area contributed by atoms with Crippen LogP contribution in [0, 0.1) is 0 Å². The Balaban J connectivity index is 1.39. The Morgan fingerprint density at radius 1 is 1.19 bits per heavy atom. The Labute approximate surface area is 164 Å². The molecule has 3 N–H and O–H groups in total. The molecule has 3 aliphatic heterocycles. The standard InChI is InChI=1S/C18H25ClN4O3S/c19-13-5-3-4-12(8-13)14-9-15(22-21-14)18(24)20-16-10-27(25,26)11-17(16)23-6-1-2-7-23/h3-5,8,14-17,21-22H,1-2,6-7,9-11H2,(H,20,24). The van der Waals surface area contributed by atoms with E-state index in [1.165, 1.54) is 0 Å². The predicted octanol–water partition coefficient (Wildman–Crippen LogP) is 0.625. The van der Waals surface area contributed by atoms with Gasteiger partial charge in [0.15, 0.2) is 9.84 Å². The van der Waals surface area contributed by atoms with Crippen molar-refractivity contribution < 1.29 is 13.2 Å². The maximum absolute atomic E-state index is 12.8. The van der Waals surface area contributed by atoms with E-state index in [1.54, 1.807) is 0 Å². The number of benzene rings is 1. The highest BCUT2D eigenvalue weighted by Gasteiger charge is 2.43. The Hall–Kier alpha value is -1.19. The van der Waals surface area contributed by atoms with E-state index in [9.17, 15) is 13.2 Å². The number of sulfone groups is 1. The van der Waals surface area contributed by atoms with Crippen LogP contribution in [0.2, 0.25) is 5.02 Å². The molecule has 1 aromatic rings. The first-order valence-corrected chi connectivity index (χ1v) is 11.6. The zero-order chi connectivity index (χ0) is 19.0. The molecular weight excluding hydrogens is 388 g/mol. The highest BCUT2D eigenvalue weighted by Crippen LogP contribution is 2.26. The van der Waals surface area contributed by atoms with Crippen LogP contribution in [0.4, 0.5) is 0 Å². The van der Waals surface area contributed by atoms with Crippen LogP contribution in [0.3, 0.4) is 0 Å². The molecule has 0 bridgehead atoms. The molecule has 4 rings (SSSR count). The monoisotopic (exact) mass is 412 g/mol. The minimum Gasteiger partial charge on any atom is -0.349 e. The third-order valence-electron chi connectivity index (χ3n) is 5.73. The fourth-order valence-corrected chi connectivity index (χ4v) is 6.50. The molecule has 0 spiro atoms. The molecule has 3 fully saturated rings. The van der Waals surface area contributed by atoms with Crippen molar-refractivity contribution in [1.82, 2.24) is 21.1 Å². The van der Waals surface area contributed by atoms with Gasteiger partial charge >= 0.3 is 0 Å². The Morgan fingerprint density at radius 2 is 1.96 bits per heavy atom. The first-order valence-electron chi connectivity index (χ1n) is 9.43. The lowest BCUT2D eigenvalue weighted by Crippen LogP contribution is -2.54. The minimum absolute atomic E-state index is 0.0128. The molecule has 4 unspecified atom stereocenters. The molecule has 1 amide bonds. The molecule has 7 nitrogen and oxygen atoms in total. The predicted molar refractivity (Wildman–Crippen MR) is 104 cm³/mol. The van der Waals surface area contributed by atoms with Crippen molar-refractivity contribution in [3.63, 3.8) is 0 Å². The van der Waals surface area contributed by atoms with Crippen LogP contribution in [-0.2, 0) is 14.6 Å².